The summed E-state index contributed by atoms with van der Waals surface area (Å²) in [5.41, 5.74) is 4.61. The number of hydrogen-bond donors (Lipinski definition) is 1. The number of para-hydroxylation sites is 1. The second-order valence-electron chi connectivity index (χ2n) is 7.17. The number of rotatable bonds is 1. The second-order valence-corrected chi connectivity index (χ2v) is 7.17. The number of aromatic nitrogens is 1. The van der Waals surface area contributed by atoms with E-state index in [0.717, 1.165) is 11.8 Å². The van der Waals surface area contributed by atoms with Crippen molar-refractivity contribution in [3.8, 4) is 0 Å². The van der Waals surface area contributed by atoms with Gasteiger partial charge in [-0.25, -0.2) is 0 Å². The fourth-order valence-electron chi connectivity index (χ4n) is 4.81. The Labute approximate surface area is 128 Å². The molecule has 0 aliphatic heterocycles. The Balaban J connectivity index is 1.68. The Kier molecular flexibility index (Phi) is 3.75. The average molecular weight is 281 g/mol. The fraction of sp³-hybridized carbons (Fsp3) is 0.600. The molecular weight excluding hydrogens is 254 g/mol. The zero-order chi connectivity index (χ0) is 14.1. The first-order valence-corrected chi connectivity index (χ1v) is 9.03. The second kappa shape index (κ2) is 5.87. The van der Waals surface area contributed by atoms with Gasteiger partial charge in [0.05, 0.1) is 0 Å². The average Bonchev–Trinajstić information content (AvgIpc) is 2.86. The zero-order valence-electron chi connectivity index (χ0n) is 13.0. The van der Waals surface area contributed by atoms with Gasteiger partial charge in [-0.3, -0.25) is 0 Å². The van der Waals surface area contributed by atoms with E-state index in [2.05, 4.69) is 29.2 Å². The summed E-state index contributed by atoms with van der Waals surface area (Å²) < 4.78 is 0. The quantitative estimate of drug-likeness (QED) is 0.665. The predicted octanol–water partition coefficient (Wildman–Crippen LogP) is 5.95. The molecule has 112 valence electrons. The van der Waals surface area contributed by atoms with E-state index in [0.29, 0.717) is 0 Å². The molecular formula is C20H27N. The highest BCUT2D eigenvalue weighted by atomic mass is 14.7. The number of hydrogen-bond acceptors (Lipinski definition) is 0. The maximum absolute atomic E-state index is 3.80. The Morgan fingerprint density at radius 2 is 1.57 bits per heavy atom. The third-order valence-corrected chi connectivity index (χ3v) is 5.88. The van der Waals surface area contributed by atoms with E-state index in [1.165, 1.54) is 75.1 Å². The minimum atomic E-state index is 0.805. The first kappa shape index (κ1) is 13.4. The van der Waals surface area contributed by atoms with E-state index in [1.807, 2.05) is 0 Å². The van der Waals surface area contributed by atoms with Crippen molar-refractivity contribution in [3.63, 3.8) is 0 Å². The maximum Gasteiger partial charge on any atom is 0.0459 e. The van der Waals surface area contributed by atoms with Crippen LogP contribution >= 0.6 is 0 Å². The molecule has 2 aliphatic rings. The number of benzene rings is 1. The minimum absolute atomic E-state index is 0.805. The topological polar surface area (TPSA) is 15.8 Å². The van der Waals surface area contributed by atoms with E-state index in [4.69, 9.17) is 0 Å². The van der Waals surface area contributed by atoms with Gasteiger partial charge in [0.2, 0.25) is 0 Å². The Morgan fingerprint density at radius 3 is 2.43 bits per heavy atom. The Hall–Kier alpha value is -1.24. The molecule has 0 radical (unpaired) electrons. The molecule has 1 aromatic heterocycles. The van der Waals surface area contributed by atoms with Gasteiger partial charge < -0.3 is 4.98 Å². The van der Waals surface area contributed by atoms with E-state index < -0.39 is 0 Å². The van der Waals surface area contributed by atoms with Crippen molar-refractivity contribution < 1.29 is 0 Å². The lowest BCUT2D eigenvalue weighted by Gasteiger charge is -2.32. The van der Waals surface area contributed by atoms with Gasteiger partial charge in [0.1, 0.15) is 0 Å². The third kappa shape index (κ3) is 2.52. The van der Waals surface area contributed by atoms with Crippen LogP contribution in [0.1, 0.15) is 75.0 Å². The number of H-pyrrole nitrogens is 1. The predicted molar refractivity (Wildman–Crippen MR) is 89.8 cm³/mol. The van der Waals surface area contributed by atoms with Crippen LogP contribution in [-0.2, 0) is 6.42 Å². The van der Waals surface area contributed by atoms with Gasteiger partial charge in [0, 0.05) is 22.5 Å². The van der Waals surface area contributed by atoms with Crippen molar-refractivity contribution in [1.29, 1.82) is 0 Å². The third-order valence-electron chi connectivity index (χ3n) is 5.88. The van der Waals surface area contributed by atoms with Crippen molar-refractivity contribution in [1.82, 2.24) is 4.98 Å². The lowest BCUT2D eigenvalue weighted by atomic mass is 9.74. The van der Waals surface area contributed by atoms with Gasteiger partial charge in [-0.1, -0.05) is 50.3 Å². The molecule has 1 fully saturated rings. The van der Waals surface area contributed by atoms with Gasteiger partial charge >= 0.3 is 0 Å². The van der Waals surface area contributed by atoms with Crippen molar-refractivity contribution in [3.05, 3.63) is 35.5 Å². The van der Waals surface area contributed by atoms with Gasteiger partial charge in [0.25, 0.3) is 0 Å². The van der Waals surface area contributed by atoms with E-state index >= 15 is 0 Å². The van der Waals surface area contributed by atoms with E-state index in [1.54, 1.807) is 11.3 Å². The van der Waals surface area contributed by atoms with E-state index in [9.17, 15) is 0 Å². The SMILES string of the molecule is c1ccc2c3c([nH]c2c1)C(C1CCCCCCC1)CCC3. The van der Waals surface area contributed by atoms with Crippen LogP contribution in [0.4, 0.5) is 0 Å². The molecule has 0 saturated heterocycles. The van der Waals surface area contributed by atoms with Crippen LogP contribution in [0.2, 0.25) is 0 Å². The lowest BCUT2D eigenvalue weighted by molar-refractivity contribution is 0.298. The lowest BCUT2D eigenvalue weighted by Crippen LogP contribution is -2.19. The van der Waals surface area contributed by atoms with E-state index in [-0.39, 0.29) is 0 Å². The largest absolute Gasteiger partial charge is 0.358 e. The van der Waals surface area contributed by atoms with Crippen LogP contribution in [-0.4, -0.2) is 4.98 Å². The Morgan fingerprint density at radius 1 is 0.810 bits per heavy atom. The smallest absolute Gasteiger partial charge is 0.0459 e. The molecule has 1 atom stereocenters. The summed E-state index contributed by atoms with van der Waals surface area (Å²) in [5, 5.41) is 1.49. The molecule has 1 unspecified atom stereocenters. The first-order chi connectivity index (χ1) is 10.4. The van der Waals surface area contributed by atoms with Crippen molar-refractivity contribution >= 4 is 10.9 Å². The molecule has 0 bridgehead atoms. The number of aryl methyl sites for hydroxylation is 1. The molecule has 2 aromatic rings. The highest BCUT2D eigenvalue weighted by Crippen LogP contribution is 2.43. The summed E-state index contributed by atoms with van der Waals surface area (Å²) in [4.78, 5) is 3.80. The summed E-state index contributed by atoms with van der Waals surface area (Å²) in [6, 6.07) is 8.92. The van der Waals surface area contributed by atoms with Crippen LogP contribution < -0.4 is 0 Å². The molecule has 21 heavy (non-hydrogen) atoms. The van der Waals surface area contributed by atoms with Crippen LogP contribution in [0.3, 0.4) is 0 Å². The number of nitrogens with one attached hydrogen (secondary N) is 1. The van der Waals surface area contributed by atoms with Gasteiger partial charge in [-0.05, 0) is 49.7 Å². The fourth-order valence-corrected chi connectivity index (χ4v) is 4.81. The minimum Gasteiger partial charge on any atom is -0.358 e. The van der Waals surface area contributed by atoms with Crippen LogP contribution in [0.15, 0.2) is 24.3 Å². The molecule has 1 nitrogen and oxygen atoms in total. The maximum atomic E-state index is 3.80. The summed E-state index contributed by atoms with van der Waals surface area (Å²) in [6.07, 6.45) is 14.3. The van der Waals surface area contributed by atoms with Crippen molar-refractivity contribution in [2.24, 2.45) is 5.92 Å². The van der Waals surface area contributed by atoms with Crippen molar-refractivity contribution in [2.45, 2.75) is 70.1 Å². The molecule has 0 amide bonds. The van der Waals surface area contributed by atoms with Gasteiger partial charge in [0.15, 0.2) is 0 Å². The summed E-state index contributed by atoms with van der Waals surface area (Å²) >= 11 is 0. The van der Waals surface area contributed by atoms with Crippen LogP contribution in [0.25, 0.3) is 10.9 Å². The molecule has 1 aromatic carbocycles. The summed E-state index contributed by atoms with van der Waals surface area (Å²) in [5.74, 6) is 1.73. The zero-order valence-corrected chi connectivity index (χ0v) is 13.0. The number of aromatic amines is 1. The summed E-state index contributed by atoms with van der Waals surface area (Å²) in [7, 11) is 0. The molecule has 2 aliphatic carbocycles. The molecule has 1 N–H and O–H groups in total. The number of fused-ring (bicyclic) bond motifs is 3. The molecule has 4 rings (SSSR count). The monoisotopic (exact) mass is 281 g/mol. The standard InChI is InChI=1S/C20H27N/c1-2-4-9-15(10-5-3-1)16-12-8-13-18-17-11-6-7-14-19(17)21-20(16)18/h6-7,11,14-16,21H,1-5,8-10,12-13H2. The van der Waals surface area contributed by atoms with Gasteiger partial charge in [-0.2, -0.15) is 0 Å². The molecule has 0 spiro atoms. The highest BCUT2D eigenvalue weighted by Gasteiger charge is 2.30. The normalized spacial score (nSPS) is 24.5. The van der Waals surface area contributed by atoms with Crippen LogP contribution in [0, 0.1) is 5.92 Å². The summed E-state index contributed by atoms with van der Waals surface area (Å²) in [6.45, 7) is 0. The first-order valence-electron chi connectivity index (χ1n) is 9.03. The van der Waals surface area contributed by atoms with Gasteiger partial charge in [-0.15, -0.1) is 0 Å². The van der Waals surface area contributed by atoms with Crippen LogP contribution in [0.5, 0.6) is 0 Å². The Bertz CT molecular complexity index is 601. The highest BCUT2D eigenvalue weighted by molar-refractivity contribution is 5.85. The molecule has 1 heteroatoms. The molecule has 1 heterocycles. The van der Waals surface area contributed by atoms with Crippen molar-refractivity contribution in [2.75, 3.05) is 0 Å². The molecule has 1 saturated carbocycles.